The summed E-state index contributed by atoms with van der Waals surface area (Å²) in [4.78, 5) is 23.8. The van der Waals surface area contributed by atoms with Crippen LogP contribution in [-0.4, -0.2) is 25.0 Å². The SMILES string of the molecule is CCOC(=O)c1c(/N=C/c2cccs2)sc(/N=C/c2cccs2)c1CC. The molecule has 3 aromatic rings. The summed E-state index contributed by atoms with van der Waals surface area (Å²) in [6, 6.07) is 7.96. The topological polar surface area (TPSA) is 51.0 Å². The number of ether oxygens (including phenoxy) is 1. The van der Waals surface area contributed by atoms with E-state index in [2.05, 4.69) is 9.98 Å². The van der Waals surface area contributed by atoms with Gasteiger partial charge in [-0.05, 0) is 36.2 Å². The van der Waals surface area contributed by atoms with Gasteiger partial charge in [-0.15, -0.1) is 22.7 Å². The van der Waals surface area contributed by atoms with E-state index in [9.17, 15) is 4.79 Å². The van der Waals surface area contributed by atoms with Gasteiger partial charge in [0.1, 0.15) is 15.6 Å². The smallest absolute Gasteiger partial charge is 0.341 e. The van der Waals surface area contributed by atoms with Gasteiger partial charge in [0.05, 0.1) is 6.61 Å². The van der Waals surface area contributed by atoms with Crippen LogP contribution in [0.1, 0.15) is 39.5 Å². The van der Waals surface area contributed by atoms with Crippen LogP contribution in [0.4, 0.5) is 10.0 Å². The second kappa shape index (κ2) is 9.02. The molecule has 4 nitrogen and oxygen atoms in total. The van der Waals surface area contributed by atoms with Crippen molar-refractivity contribution in [2.45, 2.75) is 20.3 Å². The fraction of sp³-hybridized carbons (Fsp3) is 0.211. The van der Waals surface area contributed by atoms with Gasteiger partial charge < -0.3 is 4.74 Å². The molecule has 0 spiro atoms. The van der Waals surface area contributed by atoms with Gasteiger partial charge in [0.25, 0.3) is 0 Å². The predicted molar refractivity (Wildman–Crippen MR) is 113 cm³/mol. The molecule has 134 valence electrons. The highest BCUT2D eigenvalue weighted by molar-refractivity contribution is 7.20. The molecule has 0 bridgehead atoms. The minimum absolute atomic E-state index is 0.333. The lowest BCUT2D eigenvalue weighted by molar-refractivity contribution is 0.0527. The van der Waals surface area contributed by atoms with Gasteiger partial charge >= 0.3 is 5.97 Å². The van der Waals surface area contributed by atoms with Crippen molar-refractivity contribution >= 4 is 62.4 Å². The Kier molecular flexibility index (Phi) is 6.49. The Labute approximate surface area is 164 Å². The third kappa shape index (κ3) is 4.35. The van der Waals surface area contributed by atoms with E-state index in [-0.39, 0.29) is 5.97 Å². The molecule has 0 aliphatic heterocycles. The van der Waals surface area contributed by atoms with Crippen molar-refractivity contribution in [3.63, 3.8) is 0 Å². The number of hydrogen-bond donors (Lipinski definition) is 0. The molecule has 0 fully saturated rings. The maximum atomic E-state index is 12.5. The Balaban J connectivity index is 2.01. The number of hydrogen-bond acceptors (Lipinski definition) is 7. The predicted octanol–water partition coefficient (Wildman–Crippen LogP) is 6.11. The van der Waals surface area contributed by atoms with Crippen molar-refractivity contribution in [3.8, 4) is 0 Å². The van der Waals surface area contributed by atoms with E-state index < -0.39 is 0 Å². The van der Waals surface area contributed by atoms with Crippen molar-refractivity contribution in [1.82, 2.24) is 0 Å². The zero-order chi connectivity index (χ0) is 18.4. The van der Waals surface area contributed by atoms with Gasteiger partial charge in [-0.1, -0.05) is 30.4 Å². The van der Waals surface area contributed by atoms with Crippen LogP contribution in [0, 0.1) is 0 Å². The molecular formula is C19H18N2O2S3. The molecule has 0 amide bonds. The lowest BCUT2D eigenvalue weighted by Crippen LogP contribution is -2.06. The van der Waals surface area contributed by atoms with Crippen molar-refractivity contribution in [2.75, 3.05) is 6.61 Å². The Morgan fingerprint density at radius 2 is 1.65 bits per heavy atom. The van der Waals surface area contributed by atoms with Crippen LogP contribution >= 0.6 is 34.0 Å². The van der Waals surface area contributed by atoms with Gasteiger partial charge in [-0.2, -0.15) is 0 Å². The summed E-state index contributed by atoms with van der Waals surface area (Å²) in [6.45, 7) is 4.15. The van der Waals surface area contributed by atoms with Gasteiger partial charge in [-0.3, -0.25) is 0 Å². The lowest BCUT2D eigenvalue weighted by Gasteiger charge is -2.03. The second-order valence-electron chi connectivity index (χ2n) is 5.19. The fourth-order valence-corrected chi connectivity index (χ4v) is 4.59. The largest absolute Gasteiger partial charge is 0.462 e. The van der Waals surface area contributed by atoms with Crippen LogP contribution in [0.15, 0.2) is 45.0 Å². The zero-order valence-corrected chi connectivity index (χ0v) is 16.9. The molecule has 26 heavy (non-hydrogen) atoms. The number of nitrogens with zero attached hydrogens (tertiary/aromatic N) is 2. The average Bonchev–Trinajstić information content (AvgIpc) is 3.38. The third-order valence-electron chi connectivity index (χ3n) is 3.50. The Bertz CT molecular complexity index is 907. The van der Waals surface area contributed by atoms with E-state index in [4.69, 9.17) is 4.74 Å². The summed E-state index contributed by atoms with van der Waals surface area (Å²) in [5.41, 5.74) is 1.42. The van der Waals surface area contributed by atoms with Crippen LogP contribution < -0.4 is 0 Å². The van der Waals surface area contributed by atoms with Crippen LogP contribution in [0.25, 0.3) is 0 Å². The van der Waals surface area contributed by atoms with Gasteiger partial charge in [0, 0.05) is 27.7 Å². The van der Waals surface area contributed by atoms with E-state index in [0.717, 1.165) is 20.3 Å². The molecule has 0 aromatic carbocycles. The monoisotopic (exact) mass is 402 g/mol. The minimum Gasteiger partial charge on any atom is -0.462 e. The molecule has 0 N–H and O–H groups in total. The van der Waals surface area contributed by atoms with Crippen LogP contribution in [0.2, 0.25) is 0 Å². The molecule has 0 saturated carbocycles. The maximum absolute atomic E-state index is 12.5. The first-order valence-electron chi connectivity index (χ1n) is 8.20. The van der Waals surface area contributed by atoms with Crippen LogP contribution in [0.3, 0.4) is 0 Å². The Hall–Kier alpha value is -2.09. The highest BCUT2D eigenvalue weighted by atomic mass is 32.1. The minimum atomic E-state index is -0.337. The van der Waals surface area contributed by atoms with E-state index in [1.165, 1.54) is 11.3 Å². The molecule has 0 unspecified atom stereocenters. The maximum Gasteiger partial charge on any atom is 0.341 e. The number of aliphatic imine (C=N–C) groups is 2. The molecule has 0 aliphatic rings. The fourth-order valence-electron chi connectivity index (χ4n) is 2.35. The quantitative estimate of drug-likeness (QED) is 0.353. The van der Waals surface area contributed by atoms with E-state index in [0.29, 0.717) is 23.6 Å². The summed E-state index contributed by atoms with van der Waals surface area (Å²) in [5, 5.41) is 5.46. The molecule has 0 aliphatic carbocycles. The summed E-state index contributed by atoms with van der Waals surface area (Å²) in [6.07, 6.45) is 4.30. The van der Waals surface area contributed by atoms with Crippen LogP contribution in [0.5, 0.6) is 0 Å². The lowest BCUT2D eigenvalue weighted by atomic mass is 10.1. The summed E-state index contributed by atoms with van der Waals surface area (Å²) < 4.78 is 5.26. The van der Waals surface area contributed by atoms with Crippen molar-refractivity contribution < 1.29 is 9.53 Å². The zero-order valence-electron chi connectivity index (χ0n) is 14.5. The molecule has 0 radical (unpaired) electrons. The van der Waals surface area contributed by atoms with E-state index in [1.807, 2.05) is 48.2 Å². The number of thiophene rings is 3. The summed E-state index contributed by atoms with van der Waals surface area (Å²) in [7, 11) is 0. The molecule has 3 aromatic heterocycles. The summed E-state index contributed by atoms with van der Waals surface area (Å²) in [5.74, 6) is -0.337. The van der Waals surface area contributed by atoms with Gasteiger partial charge in [0.2, 0.25) is 0 Å². The number of esters is 1. The van der Waals surface area contributed by atoms with Crippen LogP contribution in [-0.2, 0) is 11.2 Å². The highest BCUT2D eigenvalue weighted by Gasteiger charge is 2.23. The molecule has 7 heteroatoms. The molecule has 3 heterocycles. The standard InChI is InChI=1S/C19H18N2O2S3/c1-3-15-16(19(22)23-4-2)18(21-12-14-8-6-10-25-14)26-17(15)20-11-13-7-5-9-24-13/h5-12H,3-4H2,1-2H3/b20-11+,21-12+. The molecular weight excluding hydrogens is 384 g/mol. The van der Waals surface area contributed by atoms with Gasteiger partial charge in [-0.25, -0.2) is 14.8 Å². The Morgan fingerprint density at radius 3 is 2.15 bits per heavy atom. The van der Waals surface area contributed by atoms with E-state index in [1.54, 1.807) is 35.8 Å². The molecule has 0 saturated heterocycles. The van der Waals surface area contributed by atoms with Crippen molar-refractivity contribution in [3.05, 3.63) is 55.9 Å². The normalized spacial score (nSPS) is 11.6. The second-order valence-corrected chi connectivity index (χ2v) is 8.12. The molecule has 0 atom stereocenters. The third-order valence-corrected chi connectivity index (χ3v) is 6.17. The van der Waals surface area contributed by atoms with Gasteiger partial charge in [0.15, 0.2) is 0 Å². The Morgan fingerprint density at radius 1 is 1.04 bits per heavy atom. The first-order valence-corrected chi connectivity index (χ1v) is 10.8. The number of rotatable bonds is 7. The first-order chi connectivity index (χ1) is 12.7. The number of carbonyl (C=O) groups is 1. The van der Waals surface area contributed by atoms with Crippen molar-refractivity contribution in [1.29, 1.82) is 0 Å². The highest BCUT2D eigenvalue weighted by Crippen LogP contribution is 2.42. The molecule has 3 rings (SSSR count). The first kappa shape index (κ1) is 18.7. The number of carbonyl (C=O) groups excluding carboxylic acids is 1. The summed E-state index contributed by atoms with van der Waals surface area (Å²) >= 11 is 4.65. The van der Waals surface area contributed by atoms with Crippen molar-refractivity contribution in [2.24, 2.45) is 9.98 Å². The average molecular weight is 403 g/mol. The van der Waals surface area contributed by atoms with E-state index >= 15 is 0 Å².